The maximum absolute atomic E-state index is 13.9. The molecule has 3 aromatic rings. The van der Waals surface area contributed by atoms with Crippen LogP contribution in [0.3, 0.4) is 0 Å². The minimum atomic E-state index is -4.00. The van der Waals surface area contributed by atoms with Crippen LogP contribution in [0.4, 0.5) is 4.39 Å². The van der Waals surface area contributed by atoms with Crippen LogP contribution in [-0.2, 0) is 9.36 Å². The summed E-state index contributed by atoms with van der Waals surface area (Å²) in [6, 6.07) is 16.0. The Hall–Kier alpha value is -3.12. The fourth-order valence-corrected chi connectivity index (χ4v) is 5.16. The summed E-state index contributed by atoms with van der Waals surface area (Å²) in [6.45, 7) is 5.72. The Morgan fingerprint density at radius 3 is 2.40 bits per heavy atom. The Morgan fingerprint density at radius 1 is 1.11 bits per heavy atom. The zero-order valence-electron chi connectivity index (χ0n) is 19.9. The number of aromatic nitrogens is 1. The van der Waals surface area contributed by atoms with Crippen molar-refractivity contribution in [2.24, 2.45) is 0 Å². The number of carboxylic acid groups (broad SMARTS) is 1. The lowest BCUT2D eigenvalue weighted by Gasteiger charge is -2.19. The number of hydrogen-bond donors (Lipinski definition) is 3. The Kier molecular flexibility index (Phi) is 8.39. The summed E-state index contributed by atoms with van der Waals surface area (Å²) in [7, 11) is -4.00. The number of aliphatic hydroxyl groups is 1. The summed E-state index contributed by atoms with van der Waals surface area (Å²) in [5.74, 6) is -0.546. The predicted molar refractivity (Wildman–Crippen MR) is 136 cm³/mol. The second-order valence-electron chi connectivity index (χ2n) is 8.84. The van der Waals surface area contributed by atoms with Gasteiger partial charge in [-0.25, -0.2) is 4.39 Å². The normalized spacial score (nSPS) is 14.3. The van der Waals surface area contributed by atoms with Crippen molar-refractivity contribution >= 4 is 19.4 Å². The molecule has 3 rings (SSSR count). The van der Waals surface area contributed by atoms with Crippen LogP contribution in [0.15, 0.2) is 60.4 Å². The lowest BCUT2D eigenvalue weighted by Crippen LogP contribution is -2.17. The third kappa shape index (κ3) is 6.95. The van der Waals surface area contributed by atoms with Crippen LogP contribution in [0.5, 0.6) is 0 Å². The van der Waals surface area contributed by atoms with Crippen molar-refractivity contribution in [2.45, 2.75) is 39.2 Å². The number of nitrogens with zero attached hydrogens (tertiary/aromatic N) is 1. The van der Waals surface area contributed by atoms with Gasteiger partial charge in [0.2, 0.25) is 7.37 Å². The molecule has 1 unspecified atom stereocenters. The maximum atomic E-state index is 13.9. The number of halogens is 1. The maximum Gasteiger partial charge on any atom is 0.305 e. The monoisotopic (exact) mass is 497 g/mol. The summed E-state index contributed by atoms with van der Waals surface area (Å²) in [6.07, 6.45) is -1.14. The van der Waals surface area contributed by atoms with E-state index in [0.29, 0.717) is 22.5 Å². The minimum Gasteiger partial charge on any atom is -0.481 e. The van der Waals surface area contributed by atoms with Gasteiger partial charge in [-0.05, 0) is 53.8 Å². The number of carbonyl (C=O) groups is 1. The molecule has 35 heavy (non-hydrogen) atoms. The fourth-order valence-electron chi connectivity index (χ4n) is 3.92. The van der Waals surface area contributed by atoms with Crippen LogP contribution in [0.2, 0.25) is 0 Å². The summed E-state index contributed by atoms with van der Waals surface area (Å²) >= 11 is 0. The molecule has 1 aromatic heterocycles. The molecule has 0 bridgehead atoms. The number of rotatable bonds is 9. The van der Waals surface area contributed by atoms with E-state index >= 15 is 0 Å². The lowest BCUT2D eigenvalue weighted by atomic mass is 9.90. The highest BCUT2D eigenvalue weighted by Gasteiger charge is 2.23. The van der Waals surface area contributed by atoms with Crippen molar-refractivity contribution in [2.75, 3.05) is 6.16 Å². The number of carboxylic acids is 1. The van der Waals surface area contributed by atoms with E-state index < -0.39 is 32.0 Å². The minimum absolute atomic E-state index is 0.0477. The molecule has 0 radical (unpaired) electrons. The topological polar surface area (TPSA) is 108 Å². The SMILES string of the molecule is Cc1cc(F)ccc1-c1cc(-c2ccccc2)nc(C(C)C)c1C=CP(=O)(O)C[C@@H](O)CC(=O)O. The summed E-state index contributed by atoms with van der Waals surface area (Å²) in [5, 5.41) is 18.7. The van der Waals surface area contributed by atoms with Crippen LogP contribution >= 0.6 is 7.37 Å². The second-order valence-corrected chi connectivity index (χ2v) is 11.0. The molecule has 6 nitrogen and oxygen atoms in total. The van der Waals surface area contributed by atoms with E-state index in [0.717, 1.165) is 22.5 Å². The van der Waals surface area contributed by atoms with Crippen molar-refractivity contribution in [1.29, 1.82) is 0 Å². The largest absolute Gasteiger partial charge is 0.481 e. The number of aliphatic carboxylic acids is 1. The molecule has 8 heteroatoms. The highest BCUT2D eigenvalue weighted by molar-refractivity contribution is 7.61. The molecule has 0 aliphatic carbocycles. The van der Waals surface area contributed by atoms with Crippen molar-refractivity contribution in [3.05, 3.63) is 83.1 Å². The van der Waals surface area contributed by atoms with Crippen LogP contribution < -0.4 is 0 Å². The molecule has 2 atom stereocenters. The van der Waals surface area contributed by atoms with Gasteiger partial charge in [0.25, 0.3) is 0 Å². The Bertz CT molecular complexity index is 1290. The molecule has 0 spiro atoms. The van der Waals surface area contributed by atoms with Gasteiger partial charge in [-0.15, -0.1) is 0 Å². The van der Waals surface area contributed by atoms with Gasteiger partial charge >= 0.3 is 5.97 Å². The highest BCUT2D eigenvalue weighted by Crippen LogP contribution is 2.45. The van der Waals surface area contributed by atoms with Crippen molar-refractivity contribution in [3.63, 3.8) is 0 Å². The number of aryl methyl sites for hydroxylation is 1. The van der Waals surface area contributed by atoms with E-state index in [-0.39, 0.29) is 11.7 Å². The molecule has 0 amide bonds. The molecular formula is C27H29FNO5P. The fraction of sp³-hybridized carbons (Fsp3) is 0.259. The first-order valence-electron chi connectivity index (χ1n) is 11.2. The summed E-state index contributed by atoms with van der Waals surface area (Å²) in [4.78, 5) is 26.1. The van der Waals surface area contributed by atoms with E-state index in [1.807, 2.05) is 50.2 Å². The van der Waals surface area contributed by atoms with E-state index in [1.54, 1.807) is 13.0 Å². The summed E-state index contributed by atoms with van der Waals surface area (Å²) in [5.41, 5.74) is 5.09. The van der Waals surface area contributed by atoms with Gasteiger partial charge in [0.15, 0.2) is 0 Å². The Labute approximate surface area is 204 Å². The second kappa shape index (κ2) is 11.1. The molecule has 0 fully saturated rings. The zero-order chi connectivity index (χ0) is 25.8. The smallest absolute Gasteiger partial charge is 0.305 e. The van der Waals surface area contributed by atoms with E-state index in [9.17, 15) is 23.7 Å². The predicted octanol–water partition coefficient (Wildman–Crippen LogP) is 6.06. The van der Waals surface area contributed by atoms with Crippen LogP contribution in [0.1, 0.15) is 43.0 Å². The number of aliphatic hydroxyl groups excluding tert-OH is 1. The molecule has 0 saturated heterocycles. The molecule has 3 N–H and O–H groups in total. The molecule has 1 heterocycles. The molecule has 2 aromatic carbocycles. The number of hydrogen-bond acceptors (Lipinski definition) is 4. The van der Waals surface area contributed by atoms with Gasteiger partial charge in [0.1, 0.15) is 5.82 Å². The van der Waals surface area contributed by atoms with Crippen molar-refractivity contribution in [1.82, 2.24) is 4.98 Å². The highest BCUT2D eigenvalue weighted by atomic mass is 31.2. The van der Waals surface area contributed by atoms with Crippen LogP contribution in [-0.4, -0.2) is 38.3 Å². The van der Waals surface area contributed by atoms with Crippen LogP contribution in [0.25, 0.3) is 28.5 Å². The molecule has 0 aliphatic heterocycles. The van der Waals surface area contributed by atoms with Crippen molar-refractivity contribution < 1.29 is 28.9 Å². The standard InChI is InChI=1S/C27H29FNO5P/c1-17(2)27-23(11-12-35(33,34)16-21(30)14-26(31)32)24(22-10-9-20(28)13-18(22)3)15-25(29-27)19-7-5-4-6-8-19/h4-13,15,17,21,30H,14,16H2,1-3H3,(H,31,32)(H,33,34)/t21-/m0/s1. The Balaban J connectivity index is 2.19. The summed E-state index contributed by atoms with van der Waals surface area (Å²) < 4.78 is 26.6. The first-order chi connectivity index (χ1) is 16.5. The Morgan fingerprint density at radius 2 is 1.80 bits per heavy atom. The van der Waals surface area contributed by atoms with Gasteiger partial charge in [0.05, 0.1) is 30.1 Å². The van der Waals surface area contributed by atoms with Crippen LogP contribution in [0, 0.1) is 12.7 Å². The molecular weight excluding hydrogens is 468 g/mol. The third-order valence-corrected chi connectivity index (χ3v) is 7.10. The van der Waals surface area contributed by atoms with Gasteiger partial charge in [0, 0.05) is 16.9 Å². The number of benzene rings is 2. The van der Waals surface area contributed by atoms with E-state index in [4.69, 9.17) is 10.1 Å². The van der Waals surface area contributed by atoms with Gasteiger partial charge in [-0.1, -0.05) is 50.2 Å². The van der Waals surface area contributed by atoms with Gasteiger partial charge < -0.3 is 15.1 Å². The quantitative estimate of drug-likeness (QED) is 0.310. The molecule has 184 valence electrons. The number of pyridine rings is 1. The van der Waals surface area contributed by atoms with E-state index in [2.05, 4.69) is 0 Å². The zero-order valence-corrected chi connectivity index (χ0v) is 20.7. The molecule has 0 saturated carbocycles. The van der Waals surface area contributed by atoms with Gasteiger partial charge in [-0.3, -0.25) is 14.3 Å². The lowest BCUT2D eigenvalue weighted by molar-refractivity contribution is -0.138. The van der Waals surface area contributed by atoms with E-state index in [1.165, 1.54) is 18.2 Å². The van der Waals surface area contributed by atoms with Crippen molar-refractivity contribution in [3.8, 4) is 22.4 Å². The first kappa shape index (κ1) is 26.5. The molecule has 0 aliphatic rings. The third-order valence-electron chi connectivity index (χ3n) is 5.54. The average Bonchev–Trinajstić information content (AvgIpc) is 2.77. The van der Waals surface area contributed by atoms with Gasteiger partial charge in [-0.2, -0.15) is 0 Å². The average molecular weight is 498 g/mol. The first-order valence-corrected chi connectivity index (χ1v) is 13.2.